The van der Waals surface area contributed by atoms with Crippen LogP contribution in [-0.4, -0.2) is 50.1 Å². The van der Waals surface area contributed by atoms with Crippen LogP contribution in [0.25, 0.3) is 0 Å². The number of aliphatic hydroxyl groups excluding tert-OH is 1. The fraction of sp³-hybridized carbons (Fsp3) is 0.462. The Balaban J connectivity index is 2.24. The van der Waals surface area contributed by atoms with Gasteiger partial charge in [-0.05, 0) is 26.2 Å². The molecular formula is C13H18ClN3O2. The van der Waals surface area contributed by atoms with Gasteiger partial charge >= 0.3 is 0 Å². The summed E-state index contributed by atoms with van der Waals surface area (Å²) in [5.41, 5.74) is 2.02. The van der Waals surface area contributed by atoms with Crippen molar-refractivity contribution in [2.24, 2.45) is 0 Å². The lowest BCUT2D eigenvalue weighted by molar-refractivity contribution is -0.123. The van der Waals surface area contributed by atoms with Crippen LogP contribution in [0.1, 0.15) is 11.7 Å². The molecule has 104 valence electrons. The molecule has 1 aliphatic heterocycles. The lowest BCUT2D eigenvalue weighted by atomic mass is 10.1. The molecular weight excluding hydrogens is 266 g/mol. The summed E-state index contributed by atoms with van der Waals surface area (Å²) in [6.45, 7) is 1.72. The first-order valence-corrected chi connectivity index (χ1v) is 6.46. The average molecular weight is 284 g/mol. The highest BCUT2D eigenvalue weighted by molar-refractivity contribution is 6.33. The standard InChI is InChI=1S/C13H18ClN3O2/c1-16(2)4-5-17(3)11-7-10-8(6-9(11)14)12(18)13(19)15-10/h6-7,12,18H,4-5H2,1-3H3,(H,15,19). The van der Waals surface area contributed by atoms with Gasteiger partial charge in [-0.1, -0.05) is 11.6 Å². The number of nitrogens with zero attached hydrogens (tertiary/aromatic N) is 2. The number of likely N-dealkylation sites (N-methyl/N-ethyl adjacent to an activating group) is 2. The fourth-order valence-corrected chi connectivity index (χ4v) is 2.33. The lowest BCUT2D eigenvalue weighted by Crippen LogP contribution is -2.28. The van der Waals surface area contributed by atoms with Gasteiger partial charge in [-0.25, -0.2) is 0 Å². The van der Waals surface area contributed by atoms with Gasteiger partial charge in [0.05, 0.1) is 10.7 Å². The second-order valence-electron chi connectivity index (χ2n) is 5.01. The molecule has 19 heavy (non-hydrogen) atoms. The summed E-state index contributed by atoms with van der Waals surface area (Å²) in [4.78, 5) is 15.5. The number of fused-ring (bicyclic) bond motifs is 1. The number of anilines is 2. The number of rotatable bonds is 4. The molecule has 2 N–H and O–H groups in total. The van der Waals surface area contributed by atoms with Crippen molar-refractivity contribution in [2.75, 3.05) is 44.4 Å². The molecule has 1 atom stereocenters. The molecule has 1 unspecified atom stereocenters. The number of benzene rings is 1. The number of carbonyl (C=O) groups is 1. The van der Waals surface area contributed by atoms with Gasteiger partial charge in [-0.15, -0.1) is 0 Å². The fourth-order valence-electron chi connectivity index (χ4n) is 2.02. The third-order valence-corrected chi connectivity index (χ3v) is 3.52. The van der Waals surface area contributed by atoms with Crippen LogP contribution in [0.2, 0.25) is 5.02 Å². The molecule has 1 aromatic rings. The number of hydrogen-bond acceptors (Lipinski definition) is 4. The molecule has 0 spiro atoms. The molecule has 6 heteroatoms. The maximum absolute atomic E-state index is 11.4. The van der Waals surface area contributed by atoms with E-state index in [-0.39, 0.29) is 0 Å². The van der Waals surface area contributed by atoms with Crippen molar-refractivity contribution >= 4 is 28.9 Å². The molecule has 5 nitrogen and oxygen atoms in total. The Morgan fingerprint density at radius 3 is 2.63 bits per heavy atom. The van der Waals surface area contributed by atoms with E-state index >= 15 is 0 Å². The Morgan fingerprint density at radius 1 is 1.32 bits per heavy atom. The zero-order valence-corrected chi connectivity index (χ0v) is 12.0. The number of amides is 1. The summed E-state index contributed by atoms with van der Waals surface area (Å²) in [5.74, 6) is -0.404. The Hall–Kier alpha value is -1.30. The second kappa shape index (κ2) is 5.36. The van der Waals surface area contributed by atoms with Crippen molar-refractivity contribution in [3.8, 4) is 0 Å². The molecule has 0 saturated heterocycles. The topological polar surface area (TPSA) is 55.8 Å². The van der Waals surface area contributed by atoms with Gasteiger partial charge in [0, 0.05) is 31.4 Å². The van der Waals surface area contributed by atoms with Gasteiger partial charge in [0.25, 0.3) is 5.91 Å². The van der Waals surface area contributed by atoms with Gasteiger partial charge in [-0.2, -0.15) is 0 Å². The van der Waals surface area contributed by atoms with Crippen LogP contribution < -0.4 is 10.2 Å². The smallest absolute Gasteiger partial charge is 0.257 e. The van der Waals surface area contributed by atoms with Gasteiger partial charge < -0.3 is 20.2 Å². The zero-order chi connectivity index (χ0) is 14.2. The van der Waals surface area contributed by atoms with E-state index in [1.54, 1.807) is 12.1 Å². The zero-order valence-electron chi connectivity index (χ0n) is 11.3. The molecule has 0 fully saturated rings. The SMILES string of the molecule is CN(C)CCN(C)c1cc2c(cc1Cl)C(O)C(=O)N2. The number of halogens is 1. The highest BCUT2D eigenvalue weighted by atomic mass is 35.5. The van der Waals surface area contributed by atoms with E-state index in [0.29, 0.717) is 16.3 Å². The minimum atomic E-state index is -1.12. The third-order valence-electron chi connectivity index (χ3n) is 3.21. The molecule has 2 rings (SSSR count). The summed E-state index contributed by atoms with van der Waals surface area (Å²) in [5, 5.41) is 12.9. The van der Waals surface area contributed by atoms with E-state index in [1.165, 1.54) is 0 Å². The minimum absolute atomic E-state index is 0.404. The number of aliphatic hydroxyl groups is 1. The van der Waals surface area contributed by atoms with Crippen LogP contribution in [0.4, 0.5) is 11.4 Å². The normalized spacial score (nSPS) is 17.6. The van der Waals surface area contributed by atoms with Crippen molar-refractivity contribution in [1.82, 2.24) is 4.90 Å². The molecule has 0 bridgehead atoms. The Bertz CT molecular complexity index is 505. The predicted molar refractivity (Wildman–Crippen MR) is 76.9 cm³/mol. The molecule has 0 aliphatic carbocycles. The van der Waals surface area contributed by atoms with E-state index < -0.39 is 12.0 Å². The number of carbonyl (C=O) groups excluding carboxylic acids is 1. The van der Waals surface area contributed by atoms with E-state index in [2.05, 4.69) is 10.2 Å². The summed E-state index contributed by atoms with van der Waals surface area (Å²) in [6, 6.07) is 3.46. The molecule has 0 saturated carbocycles. The van der Waals surface area contributed by atoms with Crippen molar-refractivity contribution in [3.05, 3.63) is 22.7 Å². The Morgan fingerprint density at radius 2 is 2.00 bits per heavy atom. The first kappa shape index (κ1) is 14.1. The van der Waals surface area contributed by atoms with Crippen LogP contribution in [0.15, 0.2) is 12.1 Å². The number of hydrogen-bond donors (Lipinski definition) is 2. The van der Waals surface area contributed by atoms with Crippen LogP contribution in [0.3, 0.4) is 0 Å². The summed E-state index contributed by atoms with van der Waals surface area (Å²) < 4.78 is 0. The molecule has 1 aromatic carbocycles. The van der Waals surface area contributed by atoms with Crippen LogP contribution in [0.5, 0.6) is 0 Å². The highest BCUT2D eigenvalue weighted by Crippen LogP contribution is 2.38. The lowest BCUT2D eigenvalue weighted by Gasteiger charge is -2.23. The van der Waals surface area contributed by atoms with Crippen molar-refractivity contribution in [3.63, 3.8) is 0 Å². The first-order chi connectivity index (χ1) is 8.90. The van der Waals surface area contributed by atoms with Gasteiger partial charge in [0.15, 0.2) is 6.10 Å². The van der Waals surface area contributed by atoms with Crippen molar-refractivity contribution in [1.29, 1.82) is 0 Å². The monoisotopic (exact) mass is 283 g/mol. The Labute approximate surface area is 117 Å². The third kappa shape index (κ3) is 2.83. The van der Waals surface area contributed by atoms with Crippen LogP contribution >= 0.6 is 11.6 Å². The largest absolute Gasteiger partial charge is 0.378 e. The van der Waals surface area contributed by atoms with Gasteiger partial charge in [-0.3, -0.25) is 4.79 Å². The average Bonchev–Trinajstić information content (AvgIpc) is 2.61. The minimum Gasteiger partial charge on any atom is -0.378 e. The van der Waals surface area contributed by atoms with Gasteiger partial charge in [0.2, 0.25) is 0 Å². The van der Waals surface area contributed by atoms with E-state index in [9.17, 15) is 9.90 Å². The Kier molecular flexibility index (Phi) is 3.99. The summed E-state index contributed by atoms with van der Waals surface area (Å²) in [6.07, 6.45) is -1.12. The maximum Gasteiger partial charge on any atom is 0.257 e. The van der Waals surface area contributed by atoms with E-state index in [1.807, 2.05) is 26.0 Å². The maximum atomic E-state index is 11.4. The first-order valence-electron chi connectivity index (χ1n) is 6.08. The molecule has 0 aromatic heterocycles. The van der Waals surface area contributed by atoms with E-state index in [4.69, 9.17) is 11.6 Å². The predicted octanol–water partition coefficient (Wildman–Crippen LogP) is 1.32. The second-order valence-corrected chi connectivity index (χ2v) is 5.41. The van der Waals surface area contributed by atoms with Crippen molar-refractivity contribution in [2.45, 2.75) is 6.10 Å². The summed E-state index contributed by atoms with van der Waals surface area (Å²) >= 11 is 6.23. The quantitative estimate of drug-likeness (QED) is 0.875. The molecule has 0 radical (unpaired) electrons. The highest BCUT2D eigenvalue weighted by Gasteiger charge is 2.29. The van der Waals surface area contributed by atoms with Gasteiger partial charge in [0.1, 0.15) is 0 Å². The molecule has 1 aliphatic rings. The van der Waals surface area contributed by atoms with E-state index in [0.717, 1.165) is 18.8 Å². The van der Waals surface area contributed by atoms with Crippen molar-refractivity contribution < 1.29 is 9.90 Å². The van der Waals surface area contributed by atoms with Crippen LogP contribution in [0, 0.1) is 0 Å². The molecule has 1 heterocycles. The summed E-state index contributed by atoms with van der Waals surface area (Å²) in [7, 11) is 5.97. The molecule has 1 amide bonds. The van der Waals surface area contributed by atoms with Crippen LogP contribution in [-0.2, 0) is 4.79 Å². The number of nitrogens with one attached hydrogen (secondary N) is 1.